The Morgan fingerprint density at radius 3 is 2.76 bits per heavy atom. The van der Waals surface area contributed by atoms with E-state index in [-0.39, 0.29) is 11.7 Å². The van der Waals surface area contributed by atoms with Crippen LogP contribution in [0, 0.1) is 13.8 Å². The van der Waals surface area contributed by atoms with Crippen LogP contribution in [0.3, 0.4) is 0 Å². The van der Waals surface area contributed by atoms with Crippen molar-refractivity contribution in [2.75, 3.05) is 5.75 Å². The smallest absolute Gasteiger partial charge is 0.250 e. The minimum Gasteiger partial charge on any atom is -0.272 e. The molecule has 110 valence electrons. The summed E-state index contributed by atoms with van der Waals surface area (Å²) in [6.45, 7) is 3.81. The van der Waals surface area contributed by atoms with E-state index in [4.69, 9.17) is 0 Å². The van der Waals surface area contributed by atoms with Crippen molar-refractivity contribution in [3.63, 3.8) is 0 Å². The first-order valence-electron chi connectivity index (χ1n) is 6.05. The molecule has 0 aliphatic heterocycles. The lowest BCUT2D eigenvalue weighted by Crippen LogP contribution is -2.19. The van der Waals surface area contributed by atoms with Crippen LogP contribution in [-0.2, 0) is 4.79 Å². The molecule has 2 heterocycles. The molecule has 0 unspecified atom stereocenters. The quantitative estimate of drug-likeness (QED) is 0.372. The third kappa shape index (κ3) is 5.56. The van der Waals surface area contributed by atoms with Crippen LogP contribution in [0.4, 0.5) is 0 Å². The molecule has 5 nitrogen and oxygen atoms in total. The molecule has 0 bridgehead atoms. The Morgan fingerprint density at radius 1 is 1.43 bits per heavy atom. The number of nitrogens with zero attached hydrogens (tertiary/aromatic N) is 3. The number of hydrogen-bond donors (Lipinski definition) is 1. The molecule has 2 aromatic rings. The van der Waals surface area contributed by atoms with Gasteiger partial charge in [-0.1, -0.05) is 11.8 Å². The van der Waals surface area contributed by atoms with Gasteiger partial charge >= 0.3 is 0 Å². The molecule has 0 aliphatic rings. The molecule has 0 saturated heterocycles. The molecule has 2 aromatic heterocycles. The number of hydrogen-bond acceptors (Lipinski definition) is 6. The molecule has 0 aromatic carbocycles. The summed E-state index contributed by atoms with van der Waals surface area (Å²) in [5.74, 6) is 0.0450. The molecule has 0 spiro atoms. The second-order valence-corrected chi connectivity index (χ2v) is 7.59. The molecular weight excluding hydrogens is 372 g/mol. The van der Waals surface area contributed by atoms with Crippen molar-refractivity contribution in [2.45, 2.75) is 19.0 Å². The Bertz CT molecular complexity index is 652. The standard InChI is InChI=1S/C13H13BrN4OS2/c1-8-5-9(2)17-13(16-8)20-7-12(19)18-15-6-10-3-4-11(14)21-10/h3-6H,7H2,1-2H3,(H,18,19)/b15-6-. The lowest BCUT2D eigenvalue weighted by molar-refractivity contribution is -0.118. The maximum absolute atomic E-state index is 11.7. The maximum Gasteiger partial charge on any atom is 0.250 e. The van der Waals surface area contributed by atoms with Crippen molar-refractivity contribution in [3.05, 3.63) is 38.3 Å². The first kappa shape index (κ1) is 16.1. The summed E-state index contributed by atoms with van der Waals surface area (Å²) < 4.78 is 1.03. The third-order valence-corrected chi connectivity index (χ3v) is 4.67. The van der Waals surface area contributed by atoms with Crippen LogP contribution in [0.2, 0.25) is 0 Å². The van der Waals surface area contributed by atoms with Gasteiger partial charge in [-0.2, -0.15) is 5.10 Å². The zero-order chi connectivity index (χ0) is 15.2. The Kier molecular flexibility index (Phi) is 5.89. The molecule has 1 N–H and O–H groups in total. The van der Waals surface area contributed by atoms with Crippen molar-refractivity contribution < 1.29 is 4.79 Å². The number of aromatic nitrogens is 2. The monoisotopic (exact) mass is 384 g/mol. The first-order valence-corrected chi connectivity index (χ1v) is 8.65. The predicted octanol–water partition coefficient (Wildman–Crippen LogP) is 3.16. The number of carbonyl (C=O) groups is 1. The number of aryl methyl sites for hydroxylation is 2. The number of nitrogens with one attached hydrogen (secondary N) is 1. The highest BCUT2D eigenvalue weighted by Crippen LogP contribution is 2.20. The Morgan fingerprint density at radius 2 is 2.14 bits per heavy atom. The lowest BCUT2D eigenvalue weighted by Gasteiger charge is -2.02. The Hall–Kier alpha value is -1.25. The summed E-state index contributed by atoms with van der Waals surface area (Å²) in [6, 6.07) is 5.75. The van der Waals surface area contributed by atoms with Gasteiger partial charge in [0.15, 0.2) is 5.16 Å². The van der Waals surface area contributed by atoms with E-state index in [1.807, 2.05) is 32.0 Å². The highest BCUT2D eigenvalue weighted by atomic mass is 79.9. The molecule has 2 rings (SSSR count). The van der Waals surface area contributed by atoms with Gasteiger partial charge in [0.05, 0.1) is 15.8 Å². The second kappa shape index (κ2) is 7.67. The molecule has 1 amide bonds. The summed E-state index contributed by atoms with van der Waals surface area (Å²) in [7, 11) is 0. The minimum atomic E-state index is -0.186. The van der Waals surface area contributed by atoms with Crippen LogP contribution in [-0.4, -0.2) is 27.8 Å². The minimum absolute atomic E-state index is 0.186. The van der Waals surface area contributed by atoms with E-state index in [1.54, 1.807) is 17.6 Å². The number of thiophene rings is 1. The van der Waals surface area contributed by atoms with Gasteiger partial charge in [-0.15, -0.1) is 11.3 Å². The van der Waals surface area contributed by atoms with E-state index in [1.165, 1.54) is 11.8 Å². The fourth-order valence-corrected chi connectivity index (χ4v) is 3.52. The topological polar surface area (TPSA) is 67.2 Å². The predicted molar refractivity (Wildman–Crippen MR) is 90.0 cm³/mol. The third-order valence-electron chi connectivity index (χ3n) is 2.27. The number of rotatable bonds is 5. The van der Waals surface area contributed by atoms with Gasteiger partial charge in [0, 0.05) is 16.3 Å². The van der Waals surface area contributed by atoms with Crippen molar-refractivity contribution in [3.8, 4) is 0 Å². The second-order valence-electron chi connectivity index (χ2n) is 4.16. The zero-order valence-electron chi connectivity index (χ0n) is 11.5. The summed E-state index contributed by atoms with van der Waals surface area (Å²) in [4.78, 5) is 21.2. The summed E-state index contributed by atoms with van der Waals surface area (Å²) >= 11 is 6.21. The summed E-state index contributed by atoms with van der Waals surface area (Å²) in [5.41, 5.74) is 4.28. The van der Waals surface area contributed by atoms with Gasteiger partial charge in [0.25, 0.3) is 5.91 Å². The van der Waals surface area contributed by atoms with E-state index in [0.29, 0.717) is 5.16 Å². The van der Waals surface area contributed by atoms with Gasteiger partial charge in [-0.25, -0.2) is 15.4 Å². The number of halogens is 1. The van der Waals surface area contributed by atoms with Gasteiger partial charge in [0.1, 0.15) is 0 Å². The van der Waals surface area contributed by atoms with Crippen LogP contribution < -0.4 is 5.43 Å². The summed E-state index contributed by atoms with van der Waals surface area (Å²) in [5, 5.41) is 4.52. The Balaban J connectivity index is 1.80. The first-order chi connectivity index (χ1) is 10.0. The van der Waals surface area contributed by atoms with E-state index in [0.717, 1.165) is 20.1 Å². The van der Waals surface area contributed by atoms with Crippen LogP contribution in [0.15, 0.2) is 32.2 Å². The van der Waals surface area contributed by atoms with Crippen molar-refractivity contribution >= 4 is 51.2 Å². The van der Waals surface area contributed by atoms with Crippen LogP contribution in [0.1, 0.15) is 16.3 Å². The fraction of sp³-hybridized carbons (Fsp3) is 0.231. The van der Waals surface area contributed by atoms with Gasteiger partial charge in [0.2, 0.25) is 0 Å². The maximum atomic E-state index is 11.7. The highest BCUT2D eigenvalue weighted by Gasteiger charge is 2.05. The van der Waals surface area contributed by atoms with Crippen LogP contribution >= 0.6 is 39.0 Å². The molecule has 0 fully saturated rings. The van der Waals surface area contributed by atoms with E-state index < -0.39 is 0 Å². The lowest BCUT2D eigenvalue weighted by atomic mass is 10.4. The molecule has 0 atom stereocenters. The molecule has 0 saturated carbocycles. The van der Waals surface area contributed by atoms with E-state index >= 15 is 0 Å². The number of carbonyl (C=O) groups excluding carboxylic acids is 1. The Labute approximate surface area is 139 Å². The van der Waals surface area contributed by atoms with Crippen LogP contribution in [0.25, 0.3) is 0 Å². The number of hydrazone groups is 1. The zero-order valence-corrected chi connectivity index (χ0v) is 14.7. The van der Waals surface area contributed by atoms with Crippen molar-refractivity contribution in [1.29, 1.82) is 0 Å². The molecule has 8 heteroatoms. The SMILES string of the molecule is Cc1cc(C)nc(SCC(=O)N/N=C\c2ccc(Br)s2)n1. The van der Waals surface area contributed by atoms with Gasteiger partial charge in [-0.3, -0.25) is 4.79 Å². The molecule has 0 radical (unpaired) electrons. The van der Waals surface area contributed by atoms with E-state index in [9.17, 15) is 4.79 Å². The van der Waals surface area contributed by atoms with Crippen molar-refractivity contribution in [1.82, 2.24) is 15.4 Å². The van der Waals surface area contributed by atoms with E-state index in [2.05, 4.69) is 36.4 Å². The number of amides is 1. The average Bonchev–Trinajstić information content (AvgIpc) is 2.81. The van der Waals surface area contributed by atoms with Gasteiger partial charge in [-0.05, 0) is 48.0 Å². The normalized spacial score (nSPS) is 11.0. The van der Waals surface area contributed by atoms with Gasteiger partial charge < -0.3 is 0 Å². The largest absolute Gasteiger partial charge is 0.272 e. The summed E-state index contributed by atoms with van der Waals surface area (Å²) in [6.07, 6.45) is 1.62. The van der Waals surface area contributed by atoms with Crippen molar-refractivity contribution in [2.24, 2.45) is 5.10 Å². The molecule has 0 aliphatic carbocycles. The highest BCUT2D eigenvalue weighted by molar-refractivity contribution is 9.11. The fourth-order valence-electron chi connectivity index (χ4n) is 1.49. The number of thioether (sulfide) groups is 1. The molecular formula is C13H13BrN4OS2. The average molecular weight is 385 g/mol. The molecule has 21 heavy (non-hydrogen) atoms. The van der Waals surface area contributed by atoms with Crippen LogP contribution in [0.5, 0.6) is 0 Å².